The van der Waals surface area contributed by atoms with Gasteiger partial charge in [0, 0.05) is 18.2 Å². The summed E-state index contributed by atoms with van der Waals surface area (Å²) in [5, 5.41) is 4.10. The van der Waals surface area contributed by atoms with E-state index in [1.54, 1.807) is 17.9 Å². The van der Waals surface area contributed by atoms with Gasteiger partial charge in [-0.15, -0.1) is 0 Å². The Kier molecular flexibility index (Phi) is 3.41. The Hall–Kier alpha value is -1.56. The van der Waals surface area contributed by atoms with Gasteiger partial charge in [0.05, 0.1) is 16.8 Å². The number of nitrogens with two attached hydrogens (primary N) is 1. The van der Waals surface area contributed by atoms with Gasteiger partial charge in [-0.05, 0) is 47.3 Å². The van der Waals surface area contributed by atoms with Gasteiger partial charge in [0.2, 0.25) is 0 Å². The van der Waals surface area contributed by atoms with Crippen molar-refractivity contribution in [2.24, 2.45) is 7.05 Å². The summed E-state index contributed by atoms with van der Waals surface area (Å²) >= 11 is 3.38. The van der Waals surface area contributed by atoms with Gasteiger partial charge in [-0.3, -0.25) is 4.68 Å². The Bertz CT molecular complexity index is 652. The molecular weight excluding hydrogens is 325 g/mol. The molecule has 0 saturated heterocycles. The van der Waals surface area contributed by atoms with Crippen molar-refractivity contribution < 1.29 is 9.13 Å². The maximum Gasteiger partial charge on any atom is 0.142 e. The molecular formula is C14H15BrFN3O. The number of halogens is 2. The van der Waals surface area contributed by atoms with Crippen LogP contribution in [-0.2, 0) is 7.05 Å². The molecule has 2 N–H and O–H groups in total. The van der Waals surface area contributed by atoms with Crippen molar-refractivity contribution in [3.8, 4) is 16.9 Å². The molecule has 0 radical (unpaired) electrons. The highest BCUT2D eigenvalue weighted by Gasteiger charge is 2.24. The zero-order valence-corrected chi connectivity index (χ0v) is 12.7. The maximum absolute atomic E-state index is 13.7. The summed E-state index contributed by atoms with van der Waals surface area (Å²) in [6.45, 7) is 0. The third-order valence-electron chi connectivity index (χ3n) is 3.62. The van der Waals surface area contributed by atoms with Crippen molar-refractivity contribution in [3.63, 3.8) is 0 Å². The number of hydrogen-bond acceptors (Lipinski definition) is 3. The minimum absolute atomic E-state index is 0.202. The molecule has 0 unspecified atom stereocenters. The second-order valence-corrected chi connectivity index (χ2v) is 5.86. The number of benzene rings is 1. The molecule has 1 aromatic heterocycles. The van der Waals surface area contributed by atoms with Crippen LogP contribution in [0.5, 0.6) is 5.75 Å². The predicted molar refractivity (Wildman–Crippen MR) is 79.0 cm³/mol. The second-order valence-electron chi connectivity index (χ2n) is 5.00. The predicted octanol–water partition coefficient (Wildman–Crippen LogP) is 3.50. The van der Waals surface area contributed by atoms with Crippen LogP contribution in [0.25, 0.3) is 11.1 Å². The van der Waals surface area contributed by atoms with Crippen LogP contribution in [0.3, 0.4) is 0 Å². The standard InChI is InChI=1S/C14H15BrFN3O/c1-19-14(17)11(7-18-19)10-5-8(16)6-12(15)13(10)20-9-3-2-4-9/h5-7,9H,2-4,17H2,1H3. The van der Waals surface area contributed by atoms with Crippen LogP contribution in [0.1, 0.15) is 19.3 Å². The molecule has 2 aromatic rings. The van der Waals surface area contributed by atoms with E-state index in [1.807, 2.05) is 0 Å². The first-order valence-electron chi connectivity index (χ1n) is 6.50. The van der Waals surface area contributed by atoms with Gasteiger partial charge in [0.25, 0.3) is 0 Å². The lowest BCUT2D eigenvalue weighted by Crippen LogP contribution is -2.25. The molecule has 1 heterocycles. The van der Waals surface area contributed by atoms with Gasteiger partial charge in [0.1, 0.15) is 17.4 Å². The molecule has 0 atom stereocenters. The van der Waals surface area contributed by atoms with Gasteiger partial charge in [-0.2, -0.15) is 5.10 Å². The molecule has 0 spiro atoms. The summed E-state index contributed by atoms with van der Waals surface area (Å²) in [5.74, 6) is 0.785. The van der Waals surface area contributed by atoms with E-state index in [2.05, 4.69) is 21.0 Å². The Balaban J connectivity index is 2.09. The molecule has 1 aliphatic rings. The molecule has 3 rings (SSSR count). The fourth-order valence-electron chi connectivity index (χ4n) is 2.19. The number of anilines is 1. The molecule has 1 saturated carbocycles. The SMILES string of the molecule is Cn1ncc(-c2cc(F)cc(Br)c2OC2CCC2)c1N. The maximum atomic E-state index is 13.7. The zero-order valence-electron chi connectivity index (χ0n) is 11.1. The van der Waals surface area contributed by atoms with Crippen LogP contribution in [0.2, 0.25) is 0 Å². The number of rotatable bonds is 3. The van der Waals surface area contributed by atoms with E-state index in [9.17, 15) is 4.39 Å². The van der Waals surface area contributed by atoms with E-state index in [0.717, 1.165) is 12.8 Å². The van der Waals surface area contributed by atoms with Gasteiger partial charge < -0.3 is 10.5 Å². The third kappa shape index (κ3) is 2.28. The van der Waals surface area contributed by atoms with Gasteiger partial charge >= 0.3 is 0 Å². The first kappa shape index (κ1) is 13.4. The van der Waals surface area contributed by atoms with Crippen molar-refractivity contribution in [2.75, 3.05) is 5.73 Å². The molecule has 0 amide bonds. The molecule has 106 valence electrons. The average Bonchev–Trinajstić information content (AvgIpc) is 2.66. The van der Waals surface area contributed by atoms with Crippen molar-refractivity contribution in [2.45, 2.75) is 25.4 Å². The summed E-state index contributed by atoms with van der Waals surface area (Å²) in [6.07, 6.45) is 5.07. The summed E-state index contributed by atoms with van der Waals surface area (Å²) in [5.41, 5.74) is 7.30. The highest BCUT2D eigenvalue weighted by molar-refractivity contribution is 9.10. The van der Waals surface area contributed by atoms with E-state index in [-0.39, 0.29) is 11.9 Å². The van der Waals surface area contributed by atoms with Crippen LogP contribution < -0.4 is 10.5 Å². The Morgan fingerprint density at radius 2 is 2.15 bits per heavy atom. The van der Waals surface area contributed by atoms with E-state index in [0.29, 0.717) is 27.2 Å². The van der Waals surface area contributed by atoms with Crippen molar-refractivity contribution in [3.05, 3.63) is 28.6 Å². The Labute approximate surface area is 124 Å². The van der Waals surface area contributed by atoms with Crippen molar-refractivity contribution >= 4 is 21.7 Å². The molecule has 4 nitrogen and oxygen atoms in total. The van der Waals surface area contributed by atoms with E-state index in [4.69, 9.17) is 10.5 Å². The van der Waals surface area contributed by atoms with Crippen LogP contribution >= 0.6 is 15.9 Å². The quantitative estimate of drug-likeness (QED) is 0.930. The first-order valence-corrected chi connectivity index (χ1v) is 7.29. The molecule has 1 fully saturated rings. The molecule has 0 bridgehead atoms. The normalized spacial score (nSPS) is 15.2. The number of ether oxygens (including phenoxy) is 1. The zero-order chi connectivity index (χ0) is 14.3. The fraction of sp³-hybridized carbons (Fsp3) is 0.357. The van der Waals surface area contributed by atoms with Gasteiger partial charge in [0.15, 0.2) is 0 Å². The van der Waals surface area contributed by atoms with Crippen LogP contribution in [0.15, 0.2) is 22.8 Å². The Morgan fingerprint density at radius 1 is 1.40 bits per heavy atom. The second kappa shape index (κ2) is 5.09. The van der Waals surface area contributed by atoms with Crippen LogP contribution in [0, 0.1) is 5.82 Å². The summed E-state index contributed by atoms with van der Waals surface area (Å²) in [7, 11) is 1.75. The van der Waals surface area contributed by atoms with E-state index >= 15 is 0 Å². The lowest BCUT2D eigenvalue weighted by Gasteiger charge is -2.28. The first-order chi connectivity index (χ1) is 9.56. The van der Waals surface area contributed by atoms with Crippen molar-refractivity contribution in [1.29, 1.82) is 0 Å². The minimum Gasteiger partial charge on any atom is -0.489 e. The highest BCUT2D eigenvalue weighted by Crippen LogP contribution is 2.41. The number of aryl methyl sites for hydroxylation is 1. The smallest absolute Gasteiger partial charge is 0.142 e. The molecule has 1 aromatic carbocycles. The van der Waals surface area contributed by atoms with Gasteiger partial charge in [-0.1, -0.05) is 0 Å². The minimum atomic E-state index is -0.337. The van der Waals surface area contributed by atoms with E-state index < -0.39 is 0 Å². The summed E-state index contributed by atoms with van der Waals surface area (Å²) < 4.78 is 21.8. The van der Waals surface area contributed by atoms with Gasteiger partial charge in [-0.25, -0.2) is 4.39 Å². The Morgan fingerprint density at radius 3 is 2.70 bits per heavy atom. The number of nitrogen functional groups attached to an aromatic ring is 1. The molecule has 1 aliphatic carbocycles. The van der Waals surface area contributed by atoms with Crippen LogP contribution in [0.4, 0.5) is 10.2 Å². The molecule has 20 heavy (non-hydrogen) atoms. The van der Waals surface area contributed by atoms with E-state index in [1.165, 1.54) is 18.6 Å². The summed E-state index contributed by atoms with van der Waals surface area (Å²) in [6, 6.07) is 2.84. The third-order valence-corrected chi connectivity index (χ3v) is 4.21. The number of hydrogen-bond donors (Lipinski definition) is 1. The topological polar surface area (TPSA) is 53.1 Å². The summed E-state index contributed by atoms with van der Waals surface area (Å²) in [4.78, 5) is 0. The number of aromatic nitrogens is 2. The van der Waals surface area contributed by atoms with Crippen molar-refractivity contribution in [1.82, 2.24) is 9.78 Å². The average molecular weight is 340 g/mol. The highest BCUT2D eigenvalue weighted by atomic mass is 79.9. The fourth-order valence-corrected chi connectivity index (χ4v) is 2.72. The largest absolute Gasteiger partial charge is 0.489 e. The number of nitrogens with zero attached hydrogens (tertiary/aromatic N) is 2. The molecule has 0 aliphatic heterocycles. The lowest BCUT2D eigenvalue weighted by atomic mass is 9.96. The van der Waals surface area contributed by atoms with Crippen LogP contribution in [-0.4, -0.2) is 15.9 Å². The lowest BCUT2D eigenvalue weighted by molar-refractivity contribution is 0.120. The monoisotopic (exact) mass is 339 g/mol. The molecule has 6 heteroatoms.